The third-order valence-corrected chi connectivity index (χ3v) is 29.5. The lowest BCUT2D eigenvalue weighted by Gasteiger charge is -2.30. The molecule has 0 aliphatic carbocycles. The molecular weight excluding hydrogens is 2060 g/mol. The smallest absolute Gasteiger partial charge is 0.294 e. The second-order valence-electron chi connectivity index (χ2n) is 37.8. The van der Waals surface area contributed by atoms with Gasteiger partial charge in [-0.25, -0.2) is 4.98 Å². The second kappa shape index (κ2) is 58.8. The van der Waals surface area contributed by atoms with Crippen LogP contribution in [0.15, 0.2) is 122 Å². The van der Waals surface area contributed by atoms with E-state index in [4.69, 9.17) is 66.4 Å². The van der Waals surface area contributed by atoms with Gasteiger partial charge in [-0.2, -0.15) is 21.4 Å². The highest BCUT2D eigenvalue weighted by Crippen LogP contribution is 2.52. The fourth-order valence-electron chi connectivity index (χ4n) is 18.4. The summed E-state index contributed by atoms with van der Waals surface area (Å²) in [5.41, 5.74) is 44.1. The second-order valence-corrected chi connectivity index (χ2v) is 42.6. The van der Waals surface area contributed by atoms with E-state index < -0.39 is 157 Å². The maximum absolute atomic E-state index is 15.1. The lowest BCUT2D eigenvalue weighted by molar-refractivity contribution is -0.433. The van der Waals surface area contributed by atoms with E-state index in [1.165, 1.54) is 35.6 Å². The van der Waals surface area contributed by atoms with Gasteiger partial charge in [-0.3, -0.25) is 99.8 Å². The number of halogens is 1. The van der Waals surface area contributed by atoms with Crippen molar-refractivity contribution in [1.82, 2.24) is 100 Å². The molecule has 2 aromatic heterocycles. The number of allylic oxidation sites excluding steroid dienone is 7. The largest absolute Gasteiger partial charge is 0.392 e. The van der Waals surface area contributed by atoms with E-state index in [0.717, 1.165) is 42.9 Å². The molecule has 3 aliphatic rings. The Morgan fingerprint density at radius 3 is 1.51 bits per heavy atom. The Morgan fingerprint density at radius 1 is 0.567 bits per heavy atom. The molecule has 0 radical (unpaired) electrons. The van der Waals surface area contributed by atoms with Crippen molar-refractivity contribution in [3.63, 3.8) is 0 Å². The highest BCUT2D eigenvalue weighted by molar-refractivity contribution is 9.10. The van der Waals surface area contributed by atoms with Crippen LogP contribution in [-0.4, -0.2) is 273 Å². The van der Waals surface area contributed by atoms with Gasteiger partial charge in [0.2, 0.25) is 58.9 Å². The number of anilines is 1. The van der Waals surface area contributed by atoms with Crippen LogP contribution in [0.1, 0.15) is 199 Å². The SMILES string of the molecule is C=C(CCCC1(C)\C(=C/C=C/C=C/C2=[N+](CC)c3ccc(S(=O)(=O)O)cc3C2(C)C)N(CC)c2ccc(S(=O)(=O)O)cc21)NCCCC[C@@H](NC(=O)C(CCCNNC)NC(=O)[C@@H](CCCNC(=N)N)NC(=O)C(CCCNC(=N)N)NC(=O)[C@@H](CCCNC(=N)N)NC(=O)C(CCCNC(=N)N)NC(=O)[C@@H](CCCNC(=N)N)NC(=O)CCCCCNC(=O)[C@H]1C[C@H](O)CN1Cc1nc2c(sc3ccc(Br)cc32)c(=O)[nH]1)C(N)=O. The molecule has 4 unspecified atom stereocenters. The number of nitrogens with zero attached hydrogens (tertiary/aromatic N) is 4. The molecule has 3 aliphatic heterocycles. The van der Waals surface area contributed by atoms with E-state index in [-0.39, 0.29) is 182 Å². The number of likely N-dealkylation sites (tertiary alicyclic amines) is 1. The number of rotatable bonds is 65. The van der Waals surface area contributed by atoms with Crippen molar-refractivity contribution < 1.29 is 78.8 Å². The van der Waals surface area contributed by atoms with Gasteiger partial charge < -0.3 is 124 Å². The van der Waals surface area contributed by atoms with Crippen molar-refractivity contribution in [1.29, 1.82) is 27.0 Å². The standard InChI is InChI=1S/C97H149BrN32O17S3/c1-8-129-72-39-37-60(149(142,143)144)53-63(72)96(4,5)76(129)33-12-10-13-34-77-97(6,64-54-61(150(145,146)147)38-40-73(64)130(77)9-2)42-18-25-57(3)111-43-17-15-26-65(82(99)133)120-84(135)71(32-24-50-118-110-7)125-88(139)70(31-23-49-117-95(108)109)124-87(138)69(30-22-48-116-94(106)107)123-86(137)68(29-21-47-115-93(104)105)122-85(136)67(28-20-46-114-92(102)103)121-83(134)66(27-19-45-113-91(100)101)119-79(132)35-14-11-16-44-112-89(140)74-52-59(131)55-128(74)56-78-126-80-62-51-58(98)36-41-75(62)148-81(80)90(141)127-78/h10,12-13,33-34,36-41,51,53-54,59,65-71,74,110-111,118,131H,3,8-9,11,14-32,35,42-50,52,55-56H2,1-2,4-7H3,(H32-,99,100,101,102,103,104,105,106,107,108,109,112,113,114,115,116,117,119,120,121,122,123,124,125,126,127,132,133,134,135,136,137,138,139,140,141,142,143,144,145,146,147)/p+1/t59-,65+,66+,67?,68+,69?,70+,71?,74+,97?/m0/s1. The van der Waals surface area contributed by atoms with E-state index >= 15 is 9.59 Å². The molecule has 10 atom stereocenters. The van der Waals surface area contributed by atoms with Crippen LogP contribution in [0.2, 0.25) is 0 Å². The van der Waals surface area contributed by atoms with Crippen molar-refractivity contribution in [3.8, 4) is 0 Å². The number of amides is 9. The molecule has 3 aromatic carbocycles. The quantitative estimate of drug-likeness (QED) is 0.00492. The van der Waals surface area contributed by atoms with Gasteiger partial charge in [-0.05, 0) is 237 Å². The van der Waals surface area contributed by atoms with Crippen molar-refractivity contribution in [2.24, 2.45) is 34.4 Å². The third kappa shape index (κ3) is 37.1. The van der Waals surface area contributed by atoms with E-state index in [0.29, 0.717) is 98.3 Å². The Kier molecular flexibility index (Phi) is 47.8. The summed E-state index contributed by atoms with van der Waals surface area (Å²) in [5.74, 6) is -8.84. The van der Waals surface area contributed by atoms with Crippen LogP contribution in [-0.2, 0) is 80.8 Å². The van der Waals surface area contributed by atoms with Gasteiger partial charge in [0, 0.05) is 127 Å². The van der Waals surface area contributed by atoms with Crippen LogP contribution in [0, 0.1) is 27.0 Å². The van der Waals surface area contributed by atoms with Crippen molar-refractivity contribution >= 4 is 168 Å². The molecule has 49 nitrogen and oxygen atoms in total. The lowest BCUT2D eigenvalue weighted by atomic mass is 9.77. The fourth-order valence-corrected chi connectivity index (χ4v) is 20.8. The maximum atomic E-state index is 15.1. The zero-order valence-corrected chi connectivity index (χ0v) is 89.7. The first-order chi connectivity index (χ1) is 71.1. The number of unbranched alkanes of at least 4 members (excludes halogenated alkanes) is 3. The molecular formula is C97H150BrN32O17S3+. The maximum Gasteiger partial charge on any atom is 0.294 e. The van der Waals surface area contributed by atoms with Gasteiger partial charge >= 0.3 is 0 Å². The highest BCUT2D eigenvalue weighted by atomic mass is 79.9. The van der Waals surface area contributed by atoms with Gasteiger partial charge in [-0.1, -0.05) is 47.2 Å². The number of likely N-dealkylation sites (N-methyl/N-ethyl adjacent to an activating group) is 1. The topological polar surface area (TPSA) is 806 Å². The normalized spacial score (nSPS) is 17.0. The van der Waals surface area contributed by atoms with E-state index in [1.54, 1.807) is 24.1 Å². The summed E-state index contributed by atoms with van der Waals surface area (Å²) < 4.78 is 74.0. The number of benzene rings is 3. The van der Waals surface area contributed by atoms with Gasteiger partial charge in [0.05, 0.1) is 39.4 Å². The van der Waals surface area contributed by atoms with Crippen LogP contribution in [0.3, 0.4) is 0 Å². The zero-order chi connectivity index (χ0) is 110. The summed E-state index contributed by atoms with van der Waals surface area (Å²) in [6.45, 7) is 16.5. The molecule has 37 N–H and O–H groups in total. The first kappa shape index (κ1) is 122. The Balaban J connectivity index is 0.910. The number of H-pyrrole nitrogens is 1. The number of nitrogens with one attached hydrogen (secondary N) is 22. The predicted molar refractivity (Wildman–Crippen MR) is 579 cm³/mol. The number of aliphatic hydroxyl groups is 1. The van der Waals surface area contributed by atoms with Crippen molar-refractivity contribution in [2.45, 2.75) is 264 Å². The number of hydrazine groups is 1. The fraction of sp³-hybridized carbons (Fsp3) is 0.536. The first-order valence-corrected chi connectivity index (χ1v) is 54.7. The van der Waals surface area contributed by atoms with Crippen LogP contribution in [0.25, 0.3) is 20.3 Å². The van der Waals surface area contributed by atoms with E-state index in [2.05, 4.69) is 122 Å². The monoisotopic (exact) mass is 2210 g/mol. The Hall–Kier alpha value is -13.3. The van der Waals surface area contributed by atoms with Crippen LogP contribution in [0.5, 0.6) is 0 Å². The number of guanidine groups is 5. The Morgan fingerprint density at radius 2 is 1.03 bits per heavy atom. The molecule has 1 fully saturated rings. The number of aromatic amines is 1. The molecule has 0 saturated carbocycles. The molecule has 8 rings (SSSR count). The minimum atomic E-state index is -4.60. The van der Waals surface area contributed by atoms with Crippen LogP contribution >= 0.6 is 27.3 Å². The van der Waals surface area contributed by atoms with Gasteiger partial charge in [0.15, 0.2) is 35.5 Å². The molecule has 5 aromatic rings. The molecule has 0 spiro atoms. The molecule has 0 bridgehead atoms. The van der Waals surface area contributed by atoms with Gasteiger partial charge in [0.25, 0.3) is 25.8 Å². The average molecular weight is 2210 g/mol. The molecule has 150 heavy (non-hydrogen) atoms. The molecule has 1 saturated heterocycles. The van der Waals surface area contributed by atoms with Crippen LogP contribution < -0.4 is 130 Å². The molecule has 5 heterocycles. The number of β-amino-alcohol motifs (C(OH)–C–C–N with tert-alkyl or cyclic N) is 1. The number of aromatic nitrogens is 2. The number of carbonyl (C=O) groups excluding carboxylic acids is 9. The summed E-state index contributed by atoms with van der Waals surface area (Å²) in [7, 11) is -7.44. The number of thiophene rings is 1. The number of hydrogen-bond acceptors (Lipinski definition) is 27. The number of fused-ring (bicyclic) bond motifs is 5. The number of hydrogen-bond donors (Lipinski definition) is 31. The van der Waals surface area contributed by atoms with E-state index in [9.17, 15) is 69.4 Å². The first-order valence-electron chi connectivity index (χ1n) is 50.2. The molecule has 53 heteroatoms. The summed E-state index contributed by atoms with van der Waals surface area (Å²) in [6, 6.07) is 4.01. The number of carbonyl (C=O) groups is 9. The Bertz CT molecular complexity index is 6100. The summed E-state index contributed by atoms with van der Waals surface area (Å²) in [6.07, 6.45) is 12.2. The van der Waals surface area contributed by atoms with Crippen LogP contribution in [0.4, 0.5) is 11.4 Å². The lowest BCUT2D eigenvalue weighted by Crippen LogP contribution is -2.60. The minimum Gasteiger partial charge on any atom is -0.392 e. The summed E-state index contributed by atoms with van der Waals surface area (Å²) in [5, 5.41) is 89.1. The minimum absolute atomic E-state index is 0.00587. The summed E-state index contributed by atoms with van der Waals surface area (Å²) in [4.78, 5) is 154. The summed E-state index contributed by atoms with van der Waals surface area (Å²) >= 11 is 4.81. The van der Waals surface area contributed by atoms with Crippen molar-refractivity contribution in [3.05, 3.63) is 135 Å². The van der Waals surface area contributed by atoms with E-state index in [1.807, 2.05) is 83.2 Å². The molecule has 9 amide bonds. The number of nitrogens with two attached hydrogens (primary N) is 6. The number of primary amides is 1. The van der Waals surface area contributed by atoms with Crippen molar-refractivity contribution in [2.75, 3.05) is 83.9 Å². The molecule has 824 valence electrons. The average Bonchev–Trinajstić information content (AvgIpc) is 1.59. The third-order valence-electron chi connectivity index (χ3n) is 26.1. The number of aliphatic hydroxyl groups excluding tert-OH is 1. The highest BCUT2D eigenvalue weighted by Gasteiger charge is 2.47. The van der Waals surface area contributed by atoms with Gasteiger partial charge in [-0.15, -0.1) is 11.3 Å². The Labute approximate surface area is 885 Å². The zero-order valence-electron chi connectivity index (χ0n) is 85.6. The predicted octanol–water partition coefficient (Wildman–Crippen LogP) is 1.04. The van der Waals surface area contributed by atoms with Gasteiger partial charge in [0.1, 0.15) is 59.4 Å².